The molecule has 7 heteroatoms. The molecule has 100 valence electrons. The molecule has 7 nitrogen and oxygen atoms in total. The van der Waals surface area contributed by atoms with Gasteiger partial charge < -0.3 is 25.5 Å². The number of aliphatic hydroxyl groups is 4. The molecule has 0 amide bonds. The Morgan fingerprint density at radius 1 is 1.24 bits per heavy atom. The van der Waals surface area contributed by atoms with Crippen LogP contribution >= 0.6 is 0 Å². The zero-order chi connectivity index (χ0) is 13.3. The molecule has 0 aromatic heterocycles. The van der Waals surface area contributed by atoms with Crippen molar-refractivity contribution in [2.75, 3.05) is 13.1 Å². The molecule has 5 N–H and O–H groups in total. The largest absolute Gasteiger partial charge is 0.480 e. The normalized spacial score (nSPS) is 20.5. The lowest BCUT2D eigenvalue weighted by atomic mass is 9.94. The van der Waals surface area contributed by atoms with Gasteiger partial charge in [0.2, 0.25) is 11.6 Å². The van der Waals surface area contributed by atoms with Gasteiger partial charge in [0.05, 0.1) is 0 Å². The van der Waals surface area contributed by atoms with Crippen molar-refractivity contribution < 1.29 is 30.3 Å². The van der Waals surface area contributed by atoms with Crippen molar-refractivity contribution in [3.63, 3.8) is 0 Å². The van der Waals surface area contributed by atoms with Gasteiger partial charge in [0.15, 0.2) is 6.04 Å². The van der Waals surface area contributed by atoms with E-state index in [1.807, 2.05) is 0 Å². The highest BCUT2D eigenvalue weighted by Crippen LogP contribution is 2.29. The van der Waals surface area contributed by atoms with Crippen molar-refractivity contribution in [2.45, 2.75) is 43.8 Å². The predicted molar refractivity (Wildman–Crippen MR) is 56.9 cm³/mol. The zero-order valence-electron chi connectivity index (χ0n) is 9.70. The molecule has 0 saturated carbocycles. The molecule has 1 heterocycles. The summed E-state index contributed by atoms with van der Waals surface area (Å²) in [5.74, 6) is -7.46. The Morgan fingerprint density at radius 3 is 2.06 bits per heavy atom. The van der Waals surface area contributed by atoms with Crippen molar-refractivity contribution in [3.05, 3.63) is 0 Å². The Kier molecular flexibility index (Phi) is 4.11. The molecule has 0 aliphatic carbocycles. The second-order valence-corrected chi connectivity index (χ2v) is 4.38. The van der Waals surface area contributed by atoms with Crippen LogP contribution in [0.2, 0.25) is 0 Å². The Hall–Kier alpha value is -0.730. The van der Waals surface area contributed by atoms with E-state index < -0.39 is 30.0 Å². The van der Waals surface area contributed by atoms with Crippen LogP contribution in [0.1, 0.15) is 26.2 Å². The van der Waals surface area contributed by atoms with Crippen LogP contribution in [-0.4, -0.2) is 67.1 Å². The van der Waals surface area contributed by atoms with Crippen LogP contribution in [0.4, 0.5) is 0 Å². The van der Waals surface area contributed by atoms with Gasteiger partial charge in [0.25, 0.3) is 0 Å². The standard InChI is InChI=1S/C10H19NO6/c1-2-9(14,15)10(16,17)7(8(12)13)11-5-3-4-6-11/h7,14-17H,2-6H2,1H3,(H,12,13). The van der Waals surface area contributed by atoms with Crippen molar-refractivity contribution >= 4 is 5.97 Å². The van der Waals surface area contributed by atoms with Crippen LogP contribution in [0.5, 0.6) is 0 Å². The number of carboxylic acids is 1. The Balaban J connectivity index is 3.00. The molecule has 1 rings (SSSR count). The third-order valence-corrected chi connectivity index (χ3v) is 3.20. The fourth-order valence-corrected chi connectivity index (χ4v) is 2.06. The molecule has 1 aliphatic heterocycles. The lowest BCUT2D eigenvalue weighted by Crippen LogP contribution is -2.67. The van der Waals surface area contributed by atoms with Gasteiger partial charge >= 0.3 is 5.97 Å². The first-order chi connectivity index (χ1) is 7.74. The maximum atomic E-state index is 11.1. The van der Waals surface area contributed by atoms with E-state index in [0.717, 1.165) is 12.8 Å². The number of rotatable bonds is 5. The van der Waals surface area contributed by atoms with E-state index in [2.05, 4.69) is 0 Å². The maximum absolute atomic E-state index is 11.1. The van der Waals surface area contributed by atoms with Crippen LogP contribution < -0.4 is 0 Å². The zero-order valence-corrected chi connectivity index (χ0v) is 9.70. The second kappa shape index (κ2) is 4.87. The summed E-state index contributed by atoms with van der Waals surface area (Å²) in [4.78, 5) is 12.4. The molecule has 0 aromatic carbocycles. The second-order valence-electron chi connectivity index (χ2n) is 4.38. The number of likely N-dealkylation sites (tertiary alicyclic amines) is 1. The lowest BCUT2D eigenvalue weighted by molar-refractivity contribution is -0.372. The topological polar surface area (TPSA) is 121 Å². The minimum absolute atomic E-state index is 0.389. The summed E-state index contributed by atoms with van der Waals surface area (Å²) in [6.07, 6.45) is 1.10. The van der Waals surface area contributed by atoms with E-state index in [1.54, 1.807) is 0 Å². The van der Waals surface area contributed by atoms with Gasteiger partial charge in [-0.25, -0.2) is 0 Å². The van der Waals surface area contributed by atoms with E-state index in [0.29, 0.717) is 13.1 Å². The molecule has 0 bridgehead atoms. The molecular weight excluding hydrogens is 230 g/mol. The maximum Gasteiger partial charge on any atom is 0.326 e. The average molecular weight is 249 g/mol. The van der Waals surface area contributed by atoms with Gasteiger partial charge in [-0.2, -0.15) is 0 Å². The summed E-state index contributed by atoms with van der Waals surface area (Å²) < 4.78 is 0. The van der Waals surface area contributed by atoms with Gasteiger partial charge in [-0.3, -0.25) is 9.69 Å². The highest BCUT2D eigenvalue weighted by molar-refractivity contribution is 5.75. The fourth-order valence-electron chi connectivity index (χ4n) is 2.06. The molecule has 0 aromatic rings. The van der Waals surface area contributed by atoms with Crippen LogP contribution in [0.25, 0.3) is 0 Å². The Bertz CT molecular complexity index is 285. The van der Waals surface area contributed by atoms with Crippen LogP contribution in [0, 0.1) is 0 Å². The predicted octanol–water partition coefficient (Wildman–Crippen LogP) is -1.69. The minimum Gasteiger partial charge on any atom is -0.480 e. The number of hydrogen-bond donors (Lipinski definition) is 5. The molecule has 0 radical (unpaired) electrons. The van der Waals surface area contributed by atoms with E-state index in [-0.39, 0.29) is 0 Å². The van der Waals surface area contributed by atoms with E-state index in [9.17, 15) is 25.2 Å². The summed E-state index contributed by atoms with van der Waals surface area (Å²) in [5, 5.41) is 47.6. The number of hydrogen-bond acceptors (Lipinski definition) is 6. The van der Waals surface area contributed by atoms with E-state index in [4.69, 9.17) is 5.11 Å². The molecule has 1 unspecified atom stereocenters. The van der Waals surface area contributed by atoms with Crippen molar-refractivity contribution in [2.24, 2.45) is 0 Å². The van der Waals surface area contributed by atoms with Crippen LogP contribution in [0.3, 0.4) is 0 Å². The van der Waals surface area contributed by atoms with Gasteiger partial charge in [-0.05, 0) is 25.9 Å². The van der Waals surface area contributed by atoms with Crippen LogP contribution in [0.15, 0.2) is 0 Å². The number of nitrogens with zero attached hydrogens (tertiary/aromatic N) is 1. The molecule has 1 atom stereocenters. The molecule has 1 fully saturated rings. The minimum atomic E-state index is -3.11. The number of aliphatic carboxylic acids is 1. The SMILES string of the molecule is CCC(O)(O)C(O)(O)C(C(=O)O)N1CCCC1. The summed E-state index contributed by atoms with van der Waals surface area (Å²) in [7, 11) is 0. The molecule has 0 spiro atoms. The Morgan fingerprint density at radius 2 is 1.71 bits per heavy atom. The summed E-state index contributed by atoms with van der Waals surface area (Å²) in [6, 6.07) is -1.75. The first-order valence-electron chi connectivity index (χ1n) is 5.60. The van der Waals surface area contributed by atoms with Crippen molar-refractivity contribution in [1.29, 1.82) is 0 Å². The molecule has 1 aliphatic rings. The number of carboxylic acid groups (broad SMARTS) is 1. The van der Waals surface area contributed by atoms with Gasteiger partial charge in [-0.15, -0.1) is 0 Å². The average Bonchev–Trinajstić information content (AvgIpc) is 2.69. The fraction of sp³-hybridized carbons (Fsp3) is 0.900. The quantitative estimate of drug-likeness (QED) is 0.368. The molecule has 1 saturated heterocycles. The van der Waals surface area contributed by atoms with Gasteiger partial charge in [-0.1, -0.05) is 6.92 Å². The van der Waals surface area contributed by atoms with Crippen molar-refractivity contribution in [1.82, 2.24) is 4.90 Å². The first-order valence-corrected chi connectivity index (χ1v) is 5.60. The van der Waals surface area contributed by atoms with Gasteiger partial charge in [0.1, 0.15) is 0 Å². The van der Waals surface area contributed by atoms with Gasteiger partial charge in [0, 0.05) is 6.42 Å². The highest BCUT2D eigenvalue weighted by atomic mass is 16.6. The third-order valence-electron chi connectivity index (χ3n) is 3.20. The Labute approximate surface area is 98.9 Å². The summed E-state index contributed by atoms with van der Waals surface area (Å²) in [6.45, 7) is 2.10. The molecule has 17 heavy (non-hydrogen) atoms. The summed E-state index contributed by atoms with van der Waals surface area (Å²) >= 11 is 0. The first kappa shape index (κ1) is 14.3. The lowest BCUT2D eigenvalue weighted by Gasteiger charge is -2.41. The number of carbonyl (C=O) groups is 1. The van der Waals surface area contributed by atoms with Crippen LogP contribution in [-0.2, 0) is 4.79 Å². The third kappa shape index (κ3) is 2.58. The molecular formula is C10H19NO6. The smallest absolute Gasteiger partial charge is 0.326 e. The van der Waals surface area contributed by atoms with E-state index >= 15 is 0 Å². The van der Waals surface area contributed by atoms with E-state index in [1.165, 1.54) is 11.8 Å². The monoisotopic (exact) mass is 249 g/mol. The van der Waals surface area contributed by atoms with Crippen molar-refractivity contribution in [3.8, 4) is 0 Å². The highest BCUT2D eigenvalue weighted by Gasteiger charge is 2.57. The summed E-state index contributed by atoms with van der Waals surface area (Å²) in [5.41, 5.74) is 0.